The molecular weight excluding hydrogens is 1480 g/mol. The van der Waals surface area contributed by atoms with Crippen molar-refractivity contribution >= 4 is 193 Å². The summed E-state index contributed by atoms with van der Waals surface area (Å²) in [6.07, 6.45) is 0. The minimum Gasteiger partial charge on any atom is -0.907 e. The van der Waals surface area contributed by atoms with Gasteiger partial charge in [-0.05, 0) is 0 Å². The van der Waals surface area contributed by atoms with Gasteiger partial charge in [0.25, 0.3) is 0 Å². The molecule has 0 heterocycles. The van der Waals surface area contributed by atoms with Crippen molar-refractivity contribution in [3.8, 4) is 0 Å². The molecule has 0 bridgehead atoms. The summed E-state index contributed by atoms with van der Waals surface area (Å²) in [5.74, 6) is 0. The van der Waals surface area contributed by atoms with Gasteiger partial charge < -0.3 is 60.3 Å². The van der Waals surface area contributed by atoms with Crippen molar-refractivity contribution in [2.45, 2.75) is 0 Å². The Morgan fingerprint density at radius 1 is 0.227 bits per heavy atom. The van der Waals surface area contributed by atoms with Gasteiger partial charge in [-0.1, -0.05) is 0 Å². The van der Waals surface area contributed by atoms with Crippen molar-refractivity contribution in [2.75, 3.05) is 0 Å². The summed E-state index contributed by atoms with van der Waals surface area (Å²) in [5, 5.41) is 101. The largest absolute Gasteiger partial charge is 2.00 e. The van der Waals surface area contributed by atoms with Gasteiger partial charge in [0.2, 0.25) is 0 Å². The van der Waals surface area contributed by atoms with E-state index in [0.717, 1.165) is 0 Å². The molecule has 0 N–H and O–H groups in total. The summed E-state index contributed by atoms with van der Waals surface area (Å²) in [5.41, 5.74) is 0. The Morgan fingerprint density at radius 2 is 0.227 bits per heavy atom. The van der Waals surface area contributed by atoms with E-state index in [1.165, 1.54) is 0 Å². The van der Waals surface area contributed by atoms with Gasteiger partial charge in [-0.15, -0.1) is 0 Å². The first-order valence-electron chi connectivity index (χ1n) is 2.83. The van der Waals surface area contributed by atoms with Crippen LogP contribution < -0.4 is 60.3 Å². The topological polar surface area (TPSA) is 277 Å². The van der Waals surface area contributed by atoms with E-state index in [1.54, 1.807) is 0 Å². The van der Waals surface area contributed by atoms with Crippen LogP contribution in [0.15, 0.2) is 0 Å². The monoisotopic (exact) mass is 1480 g/mol. The number of hydrogen-bond donors (Lipinski definition) is 0. The second-order valence-electron chi connectivity index (χ2n) is 1.15. The van der Waals surface area contributed by atoms with Gasteiger partial charge in [0.1, 0.15) is 0 Å². The molecule has 0 aromatic heterocycles. The van der Waals surface area contributed by atoms with Crippen molar-refractivity contribution in [1.29, 1.82) is 0 Å². The Balaban J connectivity index is -0.00000001000. The normalized spacial score (nSPS) is 4.91. The van der Waals surface area contributed by atoms with Crippen LogP contribution in [0.25, 0.3) is 0 Å². The van der Waals surface area contributed by atoms with Crippen molar-refractivity contribution in [3.63, 3.8) is 0 Å². The zero-order valence-electron chi connectivity index (χ0n) is 10.2. The van der Waals surface area contributed by atoms with E-state index >= 15 is 0 Å². The molecule has 12 nitrogen and oxygen atoms in total. The molecule has 22 heavy (non-hydrogen) atoms. The molecule has 0 aliphatic heterocycles. The molecule has 108 valence electrons. The van der Waals surface area contributed by atoms with Gasteiger partial charge in [-0.2, -0.15) is 0 Å². The van der Waals surface area contributed by atoms with Crippen LogP contribution >= 0.6 is 0 Å². The molecule has 0 rings (SSSR count). The molecule has 0 atom stereocenters. The zero-order valence-corrected chi connectivity index (χ0v) is 33.5. The summed E-state index contributed by atoms with van der Waals surface area (Å²) in [6.45, 7) is 0. The molecule has 0 aliphatic carbocycles. The first-order valence-corrected chi connectivity index (χ1v) is 2.83. The van der Waals surface area contributed by atoms with E-state index in [4.69, 9.17) is 60.3 Å². The van der Waals surface area contributed by atoms with Gasteiger partial charge >= 0.3 is 164 Å². The molecule has 12 radical (unpaired) electrons. The van der Waals surface area contributed by atoms with E-state index in [-0.39, 0.29) is 164 Å². The first-order chi connectivity index (χ1) is 6.93. The summed E-state index contributed by atoms with van der Waals surface area (Å²) < 4.78 is 0. The second-order valence-corrected chi connectivity index (χ2v) is 1.15. The van der Waals surface area contributed by atoms with Crippen LogP contribution in [0.4, 0.5) is 0 Å². The van der Waals surface area contributed by atoms with E-state index in [2.05, 4.69) is 0 Å². The smallest absolute Gasteiger partial charge is 0.907 e. The van der Waals surface area contributed by atoms with Crippen molar-refractivity contribution < 1.29 is 60.3 Å². The Hall–Kier alpha value is 5.31. The molecule has 0 aromatic rings. The summed E-state index contributed by atoms with van der Waals surface area (Å²) >= 11 is 0. The maximum atomic E-state index is 8.42. The third-order valence-electron chi connectivity index (χ3n) is 0. The van der Waals surface area contributed by atoms with Crippen molar-refractivity contribution in [3.05, 3.63) is 0 Å². The van der Waals surface area contributed by atoms with E-state index in [9.17, 15) is 0 Å². The van der Waals surface area contributed by atoms with Crippen molar-refractivity contribution in [2.24, 2.45) is 0 Å². The first kappa shape index (κ1) is 63.1. The molecule has 0 fully saturated rings. The fourth-order valence-corrected chi connectivity index (χ4v) is 0. The summed E-state index contributed by atoms with van der Waals surface area (Å²) in [4.78, 5) is 0. The Bertz CT molecular complexity index is 74.6. The van der Waals surface area contributed by atoms with Gasteiger partial charge in [0.05, 0.1) is 0 Å². The van der Waals surface area contributed by atoms with Gasteiger partial charge in [-0.3, -0.25) is 29.3 Å². The average Bonchev–Trinajstić information content (AvgIpc) is 1.76. The van der Waals surface area contributed by atoms with Crippen LogP contribution in [0.5, 0.6) is 0 Å². The molecule has 0 amide bonds. The van der Waals surface area contributed by atoms with Crippen LogP contribution in [0.1, 0.15) is 0 Å². The quantitative estimate of drug-likeness (QED) is 0.205. The van der Waals surface area contributed by atoms with Crippen LogP contribution in [0.2, 0.25) is 0 Å². The number of rotatable bonds is 0. The van der Waals surface area contributed by atoms with E-state index in [0.29, 0.717) is 0 Å². The summed E-state index contributed by atoms with van der Waals surface area (Å²) in [7, 11) is -11.7. The minimum atomic E-state index is -2.92. The summed E-state index contributed by atoms with van der Waals surface area (Å²) in [6, 6.07) is 0. The van der Waals surface area contributed by atoms with E-state index < -0.39 is 29.3 Å². The van der Waals surface area contributed by atoms with Gasteiger partial charge in [0, 0.05) is 0 Å². The maximum Gasteiger partial charge on any atom is 2.00 e. The maximum absolute atomic E-state index is 8.42. The van der Waals surface area contributed by atoms with Crippen LogP contribution in [0.3, 0.4) is 0 Å². The van der Waals surface area contributed by atoms with Crippen molar-refractivity contribution in [1.82, 2.24) is 0 Å². The standard InChI is InChI=1S/4BO3.6Pb/c4*2-1(3)4;;;;;;/q4*-3;6*+2. The molecule has 0 aliphatic rings. The van der Waals surface area contributed by atoms with Crippen LogP contribution in [-0.2, 0) is 0 Å². The molecule has 0 saturated carbocycles. The molecular formula is B4O12Pb6. The average molecular weight is 1480 g/mol. The van der Waals surface area contributed by atoms with E-state index in [1.807, 2.05) is 0 Å². The van der Waals surface area contributed by atoms with Crippen LogP contribution in [0, 0.1) is 0 Å². The predicted octanol–water partition coefficient (Wildman–Crippen LogP) is -18.1. The number of hydrogen-bond acceptors (Lipinski definition) is 12. The molecule has 0 saturated heterocycles. The van der Waals surface area contributed by atoms with Crippen LogP contribution in [-0.4, -0.2) is 193 Å². The Morgan fingerprint density at radius 3 is 0.227 bits per heavy atom. The fraction of sp³-hybridized carbons (Fsp3) is 0. The zero-order chi connectivity index (χ0) is 14.3. The SMILES string of the molecule is [O-]B([O-])[O-].[O-]B([O-])[O-].[O-]B([O-])[O-].[O-]B([O-])[O-].[Pb+2].[Pb+2].[Pb+2].[Pb+2].[Pb+2].[Pb+2]. The molecule has 0 unspecified atom stereocenters. The van der Waals surface area contributed by atoms with Gasteiger partial charge in [-0.25, -0.2) is 0 Å². The Labute approximate surface area is 248 Å². The molecule has 0 aromatic carbocycles. The predicted molar refractivity (Wildman–Crippen MR) is 57.5 cm³/mol. The Kier molecular flexibility index (Phi) is 161. The second kappa shape index (κ2) is 56.2. The molecule has 22 heteroatoms. The van der Waals surface area contributed by atoms with Gasteiger partial charge in [0.15, 0.2) is 0 Å². The molecule has 0 spiro atoms. The minimum absolute atomic E-state index is 0. The third kappa shape index (κ3) is 530. The fourth-order valence-electron chi connectivity index (χ4n) is 0. The third-order valence-corrected chi connectivity index (χ3v) is 0.